The van der Waals surface area contributed by atoms with Gasteiger partial charge in [0.25, 0.3) is 0 Å². The fourth-order valence-electron chi connectivity index (χ4n) is 3.93. The number of hydrogen-bond donors (Lipinski definition) is 0. The Morgan fingerprint density at radius 3 is 2.39 bits per heavy atom. The molecule has 0 spiro atoms. The number of benzene rings is 1. The summed E-state index contributed by atoms with van der Waals surface area (Å²) < 4.78 is 48.3. The maximum absolute atomic E-state index is 14.3. The minimum Gasteiger partial charge on any atom is -0.454 e. The first-order chi connectivity index (χ1) is 14.7. The summed E-state index contributed by atoms with van der Waals surface area (Å²) >= 11 is 0. The molecule has 1 aromatic heterocycles. The molecule has 0 saturated carbocycles. The SMILES string of the molecule is CCn1c(C)cc(C(=O)COC(=O)c2ccc(F)c(S(=O)(=O)N3CCCCC3)c2)c1C. The molecule has 2 aromatic rings. The molecule has 0 N–H and O–H groups in total. The molecular formula is C22H27FN2O5S. The third-order valence-electron chi connectivity index (χ3n) is 5.62. The average Bonchev–Trinajstić information content (AvgIpc) is 3.05. The number of rotatable bonds is 7. The van der Waals surface area contributed by atoms with Crippen molar-refractivity contribution >= 4 is 21.8 Å². The molecule has 1 aromatic carbocycles. The highest BCUT2D eigenvalue weighted by Gasteiger charge is 2.29. The van der Waals surface area contributed by atoms with Crippen LogP contribution < -0.4 is 0 Å². The molecular weight excluding hydrogens is 423 g/mol. The van der Waals surface area contributed by atoms with Crippen LogP contribution in [0.2, 0.25) is 0 Å². The first-order valence-corrected chi connectivity index (χ1v) is 11.8. The van der Waals surface area contributed by atoms with Crippen molar-refractivity contribution in [1.29, 1.82) is 0 Å². The van der Waals surface area contributed by atoms with E-state index in [1.165, 1.54) is 4.31 Å². The van der Waals surface area contributed by atoms with Crippen molar-refractivity contribution in [3.8, 4) is 0 Å². The highest BCUT2D eigenvalue weighted by molar-refractivity contribution is 7.89. The molecule has 7 nitrogen and oxygen atoms in total. The molecule has 168 valence electrons. The van der Waals surface area contributed by atoms with Gasteiger partial charge in [-0.2, -0.15) is 4.31 Å². The lowest BCUT2D eigenvalue weighted by Gasteiger charge is -2.26. The number of carbonyl (C=O) groups excluding carboxylic acids is 2. The maximum Gasteiger partial charge on any atom is 0.338 e. The highest BCUT2D eigenvalue weighted by Crippen LogP contribution is 2.24. The second-order valence-corrected chi connectivity index (χ2v) is 9.54. The van der Waals surface area contributed by atoms with Crippen LogP contribution >= 0.6 is 0 Å². The molecule has 9 heteroatoms. The number of halogens is 1. The minimum atomic E-state index is -4.05. The standard InChI is InChI=1S/C22H27FN2O5S/c1-4-25-15(2)12-18(16(25)3)20(26)14-30-22(27)17-8-9-19(23)21(13-17)31(28,29)24-10-6-5-7-11-24/h8-9,12-13H,4-7,10-11,14H2,1-3H3. The second-order valence-electron chi connectivity index (χ2n) is 7.64. The molecule has 1 aliphatic rings. The number of carbonyl (C=O) groups is 2. The summed E-state index contributed by atoms with van der Waals surface area (Å²) in [5.41, 5.74) is 2.07. The Balaban J connectivity index is 1.75. The predicted molar refractivity (Wildman–Crippen MR) is 113 cm³/mol. The predicted octanol–water partition coefficient (Wildman–Crippen LogP) is 3.48. The normalized spacial score (nSPS) is 15.1. The zero-order valence-corrected chi connectivity index (χ0v) is 18.8. The molecule has 0 aliphatic carbocycles. The zero-order valence-electron chi connectivity index (χ0n) is 18.0. The van der Waals surface area contributed by atoms with E-state index >= 15 is 0 Å². The Kier molecular flexibility index (Phi) is 6.96. The molecule has 1 fully saturated rings. The fourth-order valence-corrected chi connectivity index (χ4v) is 5.54. The number of sulfonamides is 1. The highest BCUT2D eigenvalue weighted by atomic mass is 32.2. The van der Waals surface area contributed by atoms with Gasteiger partial charge in [-0.25, -0.2) is 17.6 Å². The molecule has 0 amide bonds. The summed E-state index contributed by atoms with van der Waals surface area (Å²) in [6.45, 7) is 6.55. The molecule has 0 atom stereocenters. The van der Waals surface area contributed by atoms with Crippen molar-refractivity contribution < 1.29 is 27.1 Å². The molecule has 1 saturated heterocycles. The molecule has 31 heavy (non-hydrogen) atoms. The summed E-state index contributed by atoms with van der Waals surface area (Å²) in [7, 11) is -4.05. The van der Waals surface area contributed by atoms with Crippen LogP contribution in [0.3, 0.4) is 0 Å². The van der Waals surface area contributed by atoms with E-state index < -0.39 is 33.3 Å². The summed E-state index contributed by atoms with van der Waals surface area (Å²) in [6, 6.07) is 4.82. The summed E-state index contributed by atoms with van der Waals surface area (Å²) in [5.74, 6) is -2.16. The Bertz CT molecular complexity index is 1100. The topological polar surface area (TPSA) is 85.7 Å². The van der Waals surface area contributed by atoms with E-state index in [4.69, 9.17) is 4.74 Å². The molecule has 1 aliphatic heterocycles. The monoisotopic (exact) mass is 450 g/mol. The lowest BCUT2D eigenvalue weighted by Crippen LogP contribution is -2.36. The number of ether oxygens (including phenoxy) is 1. The van der Waals surface area contributed by atoms with Gasteiger partial charge in [-0.05, 0) is 57.9 Å². The van der Waals surface area contributed by atoms with Gasteiger partial charge in [0.05, 0.1) is 5.56 Å². The van der Waals surface area contributed by atoms with Crippen LogP contribution in [0.25, 0.3) is 0 Å². The number of aryl methyl sites for hydroxylation is 1. The Labute approximate surface area is 181 Å². The van der Waals surface area contributed by atoms with Gasteiger partial charge in [0.2, 0.25) is 15.8 Å². The summed E-state index contributed by atoms with van der Waals surface area (Å²) in [5, 5.41) is 0. The van der Waals surface area contributed by atoms with E-state index in [1.54, 1.807) is 6.07 Å². The first kappa shape index (κ1) is 23.1. The first-order valence-electron chi connectivity index (χ1n) is 10.3. The van der Waals surface area contributed by atoms with Crippen LogP contribution in [0.4, 0.5) is 4.39 Å². The number of nitrogens with zero attached hydrogens (tertiary/aromatic N) is 2. The third-order valence-corrected chi connectivity index (χ3v) is 7.54. The Morgan fingerprint density at radius 1 is 1.10 bits per heavy atom. The van der Waals surface area contributed by atoms with Crippen LogP contribution in [0.5, 0.6) is 0 Å². The van der Waals surface area contributed by atoms with E-state index in [-0.39, 0.29) is 11.3 Å². The third kappa shape index (κ3) is 4.72. The van der Waals surface area contributed by atoms with Gasteiger partial charge in [0.1, 0.15) is 10.7 Å². The van der Waals surface area contributed by atoms with Gasteiger partial charge in [-0.15, -0.1) is 0 Å². The average molecular weight is 451 g/mol. The maximum atomic E-state index is 14.3. The fraction of sp³-hybridized carbons (Fsp3) is 0.455. The van der Waals surface area contributed by atoms with Gasteiger partial charge in [-0.1, -0.05) is 6.42 Å². The van der Waals surface area contributed by atoms with Crippen LogP contribution in [0.1, 0.15) is 58.3 Å². The van der Waals surface area contributed by atoms with E-state index in [0.29, 0.717) is 38.0 Å². The van der Waals surface area contributed by atoms with Crippen LogP contribution in [-0.4, -0.2) is 48.7 Å². The number of ketones is 1. The van der Waals surface area contributed by atoms with Crippen molar-refractivity contribution in [2.75, 3.05) is 19.7 Å². The van der Waals surface area contributed by atoms with E-state index in [1.807, 2.05) is 25.3 Å². The molecule has 3 rings (SSSR count). The lowest BCUT2D eigenvalue weighted by molar-refractivity contribution is 0.0474. The van der Waals surface area contributed by atoms with Gasteiger partial charge in [0, 0.05) is 36.6 Å². The van der Waals surface area contributed by atoms with Gasteiger partial charge in [0.15, 0.2) is 6.61 Å². The molecule has 2 heterocycles. The van der Waals surface area contributed by atoms with E-state index in [0.717, 1.165) is 36.0 Å². The largest absolute Gasteiger partial charge is 0.454 e. The zero-order chi connectivity index (χ0) is 22.8. The van der Waals surface area contributed by atoms with E-state index in [9.17, 15) is 22.4 Å². The van der Waals surface area contributed by atoms with Crippen molar-refractivity contribution in [3.05, 3.63) is 52.6 Å². The van der Waals surface area contributed by atoms with Crippen LogP contribution in [0, 0.1) is 19.7 Å². The lowest BCUT2D eigenvalue weighted by atomic mass is 10.1. The van der Waals surface area contributed by atoms with Crippen LogP contribution in [0.15, 0.2) is 29.2 Å². The number of esters is 1. The number of aromatic nitrogens is 1. The quantitative estimate of drug-likeness (QED) is 0.476. The summed E-state index contributed by atoms with van der Waals surface area (Å²) in [4.78, 5) is 24.4. The van der Waals surface area contributed by atoms with Crippen molar-refractivity contribution in [1.82, 2.24) is 8.87 Å². The Morgan fingerprint density at radius 2 is 1.77 bits per heavy atom. The van der Waals surface area contributed by atoms with Gasteiger partial charge in [-0.3, -0.25) is 4.79 Å². The van der Waals surface area contributed by atoms with Crippen LogP contribution in [-0.2, 0) is 21.3 Å². The van der Waals surface area contributed by atoms with E-state index in [2.05, 4.69) is 0 Å². The van der Waals surface area contributed by atoms with Crippen molar-refractivity contribution in [2.24, 2.45) is 0 Å². The molecule has 0 radical (unpaired) electrons. The number of Topliss-reactive ketones (excluding diaryl/α,β-unsaturated/α-hetero) is 1. The summed E-state index contributed by atoms with van der Waals surface area (Å²) in [6.07, 6.45) is 2.35. The molecule has 0 bridgehead atoms. The van der Waals surface area contributed by atoms with Gasteiger partial charge >= 0.3 is 5.97 Å². The Hall–Kier alpha value is -2.52. The second kappa shape index (κ2) is 9.32. The van der Waals surface area contributed by atoms with Crippen molar-refractivity contribution in [2.45, 2.75) is 51.5 Å². The number of hydrogen-bond acceptors (Lipinski definition) is 5. The molecule has 0 unspecified atom stereocenters. The smallest absolute Gasteiger partial charge is 0.338 e. The number of piperidine rings is 1. The van der Waals surface area contributed by atoms with Gasteiger partial charge < -0.3 is 9.30 Å². The van der Waals surface area contributed by atoms with Crippen molar-refractivity contribution in [3.63, 3.8) is 0 Å². The minimum absolute atomic E-state index is 0.121.